The summed E-state index contributed by atoms with van der Waals surface area (Å²) >= 11 is 0. The minimum Gasteiger partial charge on any atom is -0.372 e. The highest BCUT2D eigenvalue weighted by atomic mass is 32.2. The first kappa shape index (κ1) is 23.0. The minimum atomic E-state index is -3.79. The van der Waals surface area contributed by atoms with Gasteiger partial charge >= 0.3 is 0 Å². The third-order valence-electron chi connectivity index (χ3n) is 6.08. The molecule has 6 nitrogen and oxygen atoms in total. The molecule has 0 saturated carbocycles. The van der Waals surface area contributed by atoms with Gasteiger partial charge in [-0.25, -0.2) is 8.42 Å². The second-order valence-electron chi connectivity index (χ2n) is 7.93. The summed E-state index contributed by atoms with van der Waals surface area (Å²) in [5, 5.41) is 0. The van der Waals surface area contributed by atoms with Crippen LogP contribution in [0.3, 0.4) is 0 Å². The van der Waals surface area contributed by atoms with Crippen LogP contribution < -0.4 is 4.90 Å². The van der Waals surface area contributed by atoms with Crippen molar-refractivity contribution in [1.82, 2.24) is 9.21 Å². The SMILES string of the molecule is CCN(CC)c1ccc([C@H]2N(C(=O)c3ccccc3)CCN2S(=O)(=O)c2ccccc2)cc1. The Labute approximate surface area is 196 Å². The van der Waals surface area contributed by atoms with Crippen molar-refractivity contribution < 1.29 is 13.2 Å². The Bertz CT molecular complexity index is 1180. The van der Waals surface area contributed by atoms with Crippen molar-refractivity contribution in [2.45, 2.75) is 24.9 Å². The van der Waals surface area contributed by atoms with Crippen LogP contribution in [0.5, 0.6) is 0 Å². The lowest BCUT2D eigenvalue weighted by molar-refractivity contribution is 0.0693. The van der Waals surface area contributed by atoms with Crippen LogP contribution in [0.2, 0.25) is 0 Å². The van der Waals surface area contributed by atoms with Gasteiger partial charge in [0.05, 0.1) is 4.90 Å². The molecule has 1 aliphatic heterocycles. The van der Waals surface area contributed by atoms with E-state index in [9.17, 15) is 13.2 Å². The van der Waals surface area contributed by atoms with E-state index in [1.165, 1.54) is 4.31 Å². The molecule has 33 heavy (non-hydrogen) atoms. The summed E-state index contributed by atoms with van der Waals surface area (Å²) in [7, 11) is -3.79. The van der Waals surface area contributed by atoms with Crippen molar-refractivity contribution in [2.24, 2.45) is 0 Å². The van der Waals surface area contributed by atoms with E-state index in [2.05, 4.69) is 18.7 Å². The van der Waals surface area contributed by atoms with Gasteiger partial charge in [0, 0.05) is 37.4 Å². The maximum absolute atomic E-state index is 13.6. The highest BCUT2D eigenvalue weighted by Crippen LogP contribution is 2.36. The number of carbonyl (C=O) groups excluding carboxylic acids is 1. The lowest BCUT2D eigenvalue weighted by Gasteiger charge is -2.31. The summed E-state index contributed by atoms with van der Waals surface area (Å²) in [6.07, 6.45) is -0.714. The molecule has 4 rings (SSSR count). The van der Waals surface area contributed by atoms with Gasteiger partial charge in [-0.3, -0.25) is 4.79 Å². The summed E-state index contributed by atoms with van der Waals surface area (Å²) < 4.78 is 28.6. The first-order valence-electron chi connectivity index (χ1n) is 11.2. The third-order valence-corrected chi connectivity index (χ3v) is 7.95. The standard InChI is InChI=1S/C26H29N3O3S/c1-3-27(4-2)23-17-15-21(16-18-23)25-28(26(30)22-11-7-5-8-12-22)19-20-29(25)33(31,32)24-13-9-6-10-14-24/h5-18,25H,3-4,19-20H2,1-2H3/t25-/m0/s1. The zero-order valence-electron chi connectivity index (χ0n) is 19.0. The molecule has 0 aliphatic carbocycles. The molecule has 1 heterocycles. The van der Waals surface area contributed by atoms with E-state index in [1.54, 1.807) is 47.4 Å². The number of anilines is 1. The Morgan fingerprint density at radius 2 is 1.42 bits per heavy atom. The quantitative estimate of drug-likeness (QED) is 0.522. The van der Waals surface area contributed by atoms with Gasteiger partial charge in [-0.1, -0.05) is 48.5 Å². The summed E-state index contributed by atoms with van der Waals surface area (Å²) in [5.41, 5.74) is 2.38. The number of sulfonamides is 1. The molecule has 3 aromatic carbocycles. The zero-order valence-corrected chi connectivity index (χ0v) is 19.8. The average molecular weight is 464 g/mol. The molecule has 0 bridgehead atoms. The number of hydrogen-bond donors (Lipinski definition) is 0. The van der Waals surface area contributed by atoms with Gasteiger partial charge < -0.3 is 9.80 Å². The lowest BCUT2D eigenvalue weighted by Crippen LogP contribution is -2.38. The van der Waals surface area contributed by atoms with Crippen molar-refractivity contribution in [3.63, 3.8) is 0 Å². The fourth-order valence-corrected chi connectivity index (χ4v) is 5.93. The monoisotopic (exact) mass is 463 g/mol. The second-order valence-corrected chi connectivity index (χ2v) is 9.82. The van der Waals surface area contributed by atoms with Crippen LogP contribution in [-0.4, -0.2) is 49.7 Å². The topological polar surface area (TPSA) is 60.9 Å². The van der Waals surface area contributed by atoms with E-state index in [0.29, 0.717) is 12.1 Å². The van der Waals surface area contributed by atoms with Crippen molar-refractivity contribution >= 4 is 21.6 Å². The Kier molecular flexibility index (Phi) is 6.81. The molecule has 1 aliphatic rings. The highest BCUT2D eigenvalue weighted by Gasteiger charge is 2.43. The number of benzene rings is 3. The molecule has 1 fully saturated rings. The number of rotatable bonds is 7. The van der Waals surface area contributed by atoms with Gasteiger partial charge in [0.1, 0.15) is 6.17 Å². The normalized spacial score (nSPS) is 16.7. The van der Waals surface area contributed by atoms with Crippen LogP contribution in [0, 0.1) is 0 Å². The van der Waals surface area contributed by atoms with E-state index in [-0.39, 0.29) is 17.3 Å². The van der Waals surface area contributed by atoms with Crippen LogP contribution in [0.25, 0.3) is 0 Å². The molecular formula is C26H29N3O3S. The fraction of sp³-hybridized carbons (Fsp3) is 0.269. The van der Waals surface area contributed by atoms with E-state index in [1.807, 2.05) is 42.5 Å². The molecule has 172 valence electrons. The molecule has 0 unspecified atom stereocenters. The van der Waals surface area contributed by atoms with Crippen molar-refractivity contribution in [2.75, 3.05) is 31.1 Å². The number of carbonyl (C=O) groups is 1. The predicted octanol–water partition coefficient (Wildman–Crippen LogP) is 4.38. The van der Waals surface area contributed by atoms with Gasteiger partial charge in [0.25, 0.3) is 5.91 Å². The van der Waals surface area contributed by atoms with Gasteiger partial charge in [-0.15, -0.1) is 0 Å². The van der Waals surface area contributed by atoms with E-state index in [4.69, 9.17) is 0 Å². The highest BCUT2D eigenvalue weighted by molar-refractivity contribution is 7.89. The van der Waals surface area contributed by atoms with Gasteiger partial charge in [0.2, 0.25) is 10.0 Å². The zero-order chi connectivity index (χ0) is 23.4. The van der Waals surface area contributed by atoms with Crippen LogP contribution in [0.1, 0.15) is 35.9 Å². The Hall–Kier alpha value is -3.16. The Morgan fingerprint density at radius 1 is 0.848 bits per heavy atom. The smallest absolute Gasteiger partial charge is 0.255 e. The summed E-state index contributed by atoms with van der Waals surface area (Å²) in [5.74, 6) is -0.181. The number of amides is 1. The Morgan fingerprint density at radius 3 is 2.00 bits per heavy atom. The molecule has 1 amide bonds. The molecule has 0 aromatic heterocycles. The summed E-state index contributed by atoms with van der Waals surface area (Å²) in [6, 6.07) is 25.3. The first-order chi connectivity index (χ1) is 16.0. The molecule has 1 saturated heterocycles. The largest absolute Gasteiger partial charge is 0.372 e. The van der Waals surface area contributed by atoms with Crippen molar-refractivity contribution in [1.29, 1.82) is 0 Å². The fourth-order valence-electron chi connectivity index (χ4n) is 4.34. The first-order valence-corrected chi connectivity index (χ1v) is 12.7. The summed E-state index contributed by atoms with van der Waals surface area (Å²) in [4.78, 5) is 17.5. The third kappa shape index (κ3) is 4.51. The maximum atomic E-state index is 13.6. The number of hydrogen-bond acceptors (Lipinski definition) is 4. The van der Waals surface area contributed by atoms with Crippen molar-refractivity contribution in [3.05, 3.63) is 96.1 Å². The summed E-state index contributed by atoms with van der Waals surface area (Å²) in [6.45, 7) is 6.52. The minimum absolute atomic E-state index is 0.181. The van der Waals surface area contributed by atoms with Gasteiger partial charge in [-0.2, -0.15) is 4.31 Å². The Balaban J connectivity index is 1.75. The van der Waals surface area contributed by atoms with E-state index >= 15 is 0 Å². The van der Waals surface area contributed by atoms with Crippen LogP contribution >= 0.6 is 0 Å². The molecule has 1 atom stereocenters. The molecule has 7 heteroatoms. The van der Waals surface area contributed by atoms with Crippen LogP contribution in [0.15, 0.2) is 89.8 Å². The average Bonchev–Trinajstić information content (AvgIpc) is 3.32. The molecule has 0 radical (unpaired) electrons. The van der Waals surface area contributed by atoms with Crippen molar-refractivity contribution in [3.8, 4) is 0 Å². The predicted molar refractivity (Wildman–Crippen MR) is 131 cm³/mol. The lowest BCUT2D eigenvalue weighted by atomic mass is 10.1. The molecule has 3 aromatic rings. The van der Waals surface area contributed by atoms with Crippen LogP contribution in [-0.2, 0) is 10.0 Å². The molecule has 0 spiro atoms. The van der Waals surface area contributed by atoms with Crippen LogP contribution in [0.4, 0.5) is 5.69 Å². The van der Waals surface area contributed by atoms with Gasteiger partial charge in [0.15, 0.2) is 0 Å². The maximum Gasteiger partial charge on any atom is 0.255 e. The number of nitrogens with zero attached hydrogens (tertiary/aromatic N) is 3. The van der Waals surface area contributed by atoms with E-state index < -0.39 is 16.2 Å². The van der Waals surface area contributed by atoms with E-state index in [0.717, 1.165) is 24.3 Å². The molecule has 0 N–H and O–H groups in total. The molecular weight excluding hydrogens is 434 g/mol. The second kappa shape index (κ2) is 9.77. The van der Waals surface area contributed by atoms with Gasteiger partial charge in [-0.05, 0) is 55.8 Å².